The molecule has 0 unspecified atom stereocenters. The Kier molecular flexibility index (Phi) is 4.51. The van der Waals surface area contributed by atoms with Crippen LogP contribution in [0.3, 0.4) is 0 Å². The second-order valence-electron chi connectivity index (χ2n) is 5.95. The summed E-state index contributed by atoms with van der Waals surface area (Å²) in [6.45, 7) is 3.93. The maximum atomic E-state index is 12.6. The molecule has 1 aliphatic rings. The normalized spacial score (nSPS) is 14.5. The molecule has 0 atom stereocenters. The molecular weight excluding hydrogens is 304 g/mol. The molecule has 1 N–H and O–H groups in total. The molecule has 0 radical (unpaired) electrons. The van der Waals surface area contributed by atoms with E-state index in [1.807, 2.05) is 31.2 Å². The van der Waals surface area contributed by atoms with Crippen LogP contribution >= 0.6 is 0 Å². The van der Waals surface area contributed by atoms with E-state index < -0.39 is 0 Å². The first kappa shape index (κ1) is 16.1. The van der Waals surface area contributed by atoms with Crippen molar-refractivity contribution in [3.05, 3.63) is 65.2 Å². The van der Waals surface area contributed by atoms with E-state index in [-0.39, 0.29) is 17.6 Å². The Balaban J connectivity index is 1.65. The van der Waals surface area contributed by atoms with Gasteiger partial charge >= 0.3 is 0 Å². The van der Waals surface area contributed by atoms with Gasteiger partial charge in [0.1, 0.15) is 5.75 Å². The molecule has 5 heteroatoms. The van der Waals surface area contributed by atoms with Crippen molar-refractivity contribution in [1.82, 2.24) is 9.80 Å². The summed E-state index contributed by atoms with van der Waals surface area (Å²) in [6.07, 6.45) is 0. The van der Waals surface area contributed by atoms with Crippen LogP contribution in [-0.4, -0.2) is 52.9 Å². The minimum absolute atomic E-state index is 0.0116. The van der Waals surface area contributed by atoms with Crippen molar-refractivity contribution in [1.29, 1.82) is 0 Å². The summed E-state index contributed by atoms with van der Waals surface area (Å²) >= 11 is 0. The predicted octanol–water partition coefficient (Wildman–Crippen LogP) is 2.30. The van der Waals surface area contributed by atoms with E-state index in [0.717, 1.165) is 5.56 Å². The third-order valence-electron chi connectivity index (χ3n) is 4.32. The van der Waals surface area contributed by atoms with Gasteiger partial charge in [0, 0.05) is 37.3 Å². The lowest BCUT2D eigenvalue weighted by molar-refractivity contribution is 0.0535. The molecule has 124 valence electrons. The van der Waals surface area contributed by atoms with Gasteiger partial charge in [-0.1, -0.05) is 24.3 Å². The van der Waals surface area contributed by atoms with Gasteiger partial charge < -0.3 is 14.9 Å². The van der Waals surface area contributed by atoms with Gasteiger partial charge in [0.2, 0.25) is 0 Å². The minimum Gasteiger partial charge on any atom is -0.508 e. The summed E-state index contributed by atoms with van der Waals surface area (Å²) in [5.74, 6) is -0.0272. The van der Waals surface area contributed by atoms with E-state index in [4.69, 9.17) is 0 Å². The first-order valence-corrected chi connectivity index (χ1v) is 7.99. The molecule has 2 aromatic rings. The second-order valence-corrected chi connectivity index (χ2v) is 5.95. The van der Waals surface area contributed by atoms with Crippen molar-refractivity contribution < 1.29 is 14.7 Å². The van der Waals surface area contributed by atoms with Crippen LogP contribution in [0.4, 0.5) is 0 Å². The number of aromatic hydroxyl groups is 1. The van der Waals surface area contributed by atoms with Gasteiger partial charge in [-0.3, -0.25) is 9.59 Å². The molecule has 5 nitrogen and oxygen atoms in total. The third-order valence-corrected chi connectivity index (χ3v) is 4.32. The maximum absolute atomic E-state index is 12.6. The van der Waals surface area contributed by atoms with Crippen molar-refractivity contribution >= 4 is 11.8 Å². The molecule has 1 heterocycles. The number of hydrogen-bond donors (Lipinski definition) is 1. The van der Waals surface area contributed by atoms with Crippen LogP contribution in [-0.2, 0) is 0 Å². The van der Waals surface area contributed by atoms with Crippen molar-refractivity contribution in [2.24, 2.45) is 0 Å². The minimum atomic E-state index is -0.117. The van der Waals surface area contributed by atoms with Gasteiger partial charge in [0.15, 0.2) is 0 Å². The fourth-order valence-electron chi connectivity index (χ4n) is 2.92. The molecule has 2 aromatic carbocycles. The fraction of sp³-hybridized carbons (Fsp3) is 0.263. The van der Waals surface area contributed by atoms with Crippen LogP contribution in [0.15, 0.2) is 48.5 Å². The second kappa shape index (κ2) is 6.74. The highest BCUT2D eigenvalue weighted by Crippen LogP contribution is 2.16. The molecule has 1 aliphatic heterocycles. The Bertz CT molecular complexity index is 765. The van der Waals surface area contributed by atoms with E-state index in [2.05, 4.69) is 0 Å². The van der Waals surface area contributed by atoms with Crippen LogP contribution in [0.5, 0.6) is 5.75 Å². The highest BCUT2D eigenvalue weighted by Gasteiger charge is 2.26. The first-order chi connectivity index (χ1) is 11.6. The van der Waals surface area contributed by atoms with Gasteiger partial charge in [-0.2, -0.15) is 0 Å². The van der Waals surface area contributed by atoms with Crippen molar-refractivity contribution in [2.45, 2.75) is 6.92 Å². The number of carbonyl (C=O) groups excluding carboxylic acids is 2. The van der Waals surface area contributed by atoms with Crippen molar-refractivity contribution in [3.8, 4) is 5.75 Å². The highest BCUT2D eigenvalue weighted by atomic mass is 16.3. The quantitative estimate of drug-likeness (QED) is 0.922. The predicted molar refractivity (Wildman–Crippen MR) is 91.1 cm³/mol. The molecule has 0 spiro atoms. The Morgan fingerprint density at radius 3 is 2.12 bits per heavy atom. The van der Waals surface area contributed by atoms with Gasteiger partial charge in [0.25, 0.3) is 11.8 Å². The molecule has 0 aromatic heterocycles. The first-order valence-electron chi connectivity index (χ1n) is 7.99. The number of benzene rings is 2. The summed E-state index contributed by atoms with van der Waals surface area (Å²) in [6, 6.07) is 13.9. The summed E-state index contributed by atoms with van der Waals surface area (Å²) < 4.78 is 0. The number of carbonyl (C=O) groups is 2. The molecule has 24 heavy (non-hydrogen) atoms. The van der Waals surface area contributed by atoms with Gasteiger partial charge in [-0.15, -0.1) is 0 Å². The van der Waals surface area contributed by atoms with Gasteiger partial charge in [-0.25, -0.2) is 0 Å². The van der Waals surface area contributed by atoms with Crippen LogP contribution in [0.25, 0.3) is 0 Å². The maximum Gasteiger partial charge on any atom is 0.254 e. The molecular formula is C19H20N2O3. The number of phenolic OH excluding ortho intramolecular Hbond substituents is 1. The Morgan fingerprint density at radius 2 is 1.50 bits per heavy atom. The average Bonchev–Trinajstić information content (AvgIpc) is 2.61. The molecule has 1 saturated heterocycles. The lowest BCUT2D eigenvalue weighted by Gasteiger charge is -2.35. The van der Waals surface area contributed by atoms with Crippen LogP contribution < -0.4 is 0 Å². The van der Waals surface area contributed by atoms with E-state index >= 15 is 0 Å². The van der Waals surface area contributed by atoms with E-state index in [1.165, 1.54) is 12.1 Å². The Hall–Kier alpha value is -2.82. The number of amides is 2. The zero-order valence-corrected chi connectivity index (χ0v) is 13.6. The molecule has 2 amide bonds. The summed E-state index contributed by atoms with van der Waals surface area (Å²) in [5.41, 5.74) is 2.14. The largest absolute Gasteiger partial charge is 0.508 e. The fourth-order valence-corrected chi connectivity index (χ4v) is 2.92. The number of aryl methyl sites for hydroxylation is 1. The third kappa shape index (κ3) is 3.25. The standard InChI is InChI=1S/C19H20N2O3/c1-14-5-2-3-8-17(14)19(24)21-11-9-20(10-12-21)18(23)15-6-4-7-16(22)13-15/h2-8,13,22H,9-12H2,1H3. The number of piperazine rings is 1. The highest BCUT2D eigenvalue weighted by molar-refractivity contribution is 5.97. The zero-order chi connectivity index (χ0) is 17.1. The van der Waals surface area contributed by atoms with E-state index in [1.54, 1.807) is 21.9 Å². The molecule has 0 saturated carbocycles. The zero-order valence-electron chi connectivity index (χ0n) is 13.6. The van der Waals surface area contributed by atoms with Crippen molar-refractivity contribution in [3.63, 3.8) is 0 Å². The molecule has 0 aliphatic carbocycles. The molecule has 0 bridgehead atoms. The van der Waals surface area contributed by atoms with Gasteiger partial charge in [0.05, 0.1) is 0 Å². The van der Waals surface area contributed by atoms with E-state index in [0.29, 0.717) is 37.3 Å². The monoisotopic (exact) mass is 324 g/mol. The lowest BCUT2D eigenvalue weighted by atomic mass is 10.1. The lowest BCUT2D eigenvalue weighted by Crippen LogP contribution is -2.50. The molecule has 1 fully saturated rings. The van der Waals surface area contributed by atoms with Crippen LogP contribution in [0.2, 0.25) is 0 Å². The smallest absolute Gasteiger partial charge is 0.254 e. The number of nitrogens with zero attached hydrogens (tertiary/aromatic N) is 2. The molecule has 3 rings (SSSR count). The summed E-state index contributed by atoms with van der Waals surface area (Å²) in [4.78, 5) is 28.6. The number of hydrogen-bond acceptors (Lipinski definition) is 3. The Morgan fingerprint density at radius 1 is 0.875 bits per heavy atom. The topological polar surface area (TPSA) is 60.9 Å². The van der Waals surface area contributed by atoms with Crippen LogP contribution in [0, 0.1) is 6.92 Å². The average molecular weight is 324 g/mol. The van der Waals surface area contributed by atoms with Crippen molar-refractivity contribution in [2.75, 3.05) is 26.2 Å². The Labute approximate surface area is 141 Å². The van der Waals surface area contributed by atoms with Gasteiger partial charge in [-0.05, 0) is 36.8 Å². The number of phenols is 1. The van der Waals surface area contributed by atoms with E-state index in [9.17, 15) is 14.7 Å². The SMILES string of the molecule is Cc1ccccc1C(=O)N1CCN(C(=O)c2cccc(O)c2)CC1. The number of rotatable bonds is 2. The summed E-state index contributed by atoms with van der Waals surface area (Å²) in [5, 5.41) is 9.50. The summed E-state index contributed by atoms with van der Waals surface area (Å²) in [7, 11) is 0. The van der Waals surface area contributed by atoms with Crippen LogP contribution in [0.1, 0.15) is 26.3 Å².